The molecule has 0 spiro atoms. The van der Waals surface area contributed by atoms with E-state index in [-0.39, 0.29) is 5.91 Å². The van der Waals surface area contributed by atoms with Gasteiger partial charge in [0.1, 0.15) is 5.75 Å². The van der Waals surface area contributed by atoms with Crippen molar-refractivity contribution in [3.63, 3.8) is 0 Å². The number of hydrogen-bond donors (Lipinski definition) is 2. The first-order valence-corrected chi connectivity index (χ1v) is 6.59. The van der Waals surface area contributed by atoms with E-state index in [1.807, 2.05) is 25.1 Å². The Labute approximate surface area is 116 Å². The van der Waals surface area contributed by atoms with Gasteiger partial charge in [-0.15, -0.1) is 0 Å². The average molecular weight is 315 g/mol. The lowest BCUT2D eigenvalue weighted by Gasteiger charge is -2.26. The molecule has 0 bridgehead atoms. The van der Waals surface area contributed by atoms with Crippen LogP contribution in [-0.2, 0) is 11.3 Å². The number of rotatable bonds is 6. The fourth-order valence-corrected chi connectivity index (χ4v) is 1.97. The fraction of sp³-hybridized carbons (Fsp3) is 0.462. The minimum atomic E-state index is -0.701. The highest BCUT2D eigenvalue weighted by Gasteiger charge is 2.28. The molecule has 0 saturated heterocycles. The van der Waals surface area contributed by atoms with Crippen LogP contribution in [0, 0.1) is 0 Å². The van der Waals surface area contributed by atoms with E-state index in [4.69, 9.17) is 10.5 Å². The second-order valence-corrected chi connectivity index (χ2v) is 5.28. The second-order valence-electron chi connectivity index (χ2n) is 4.36. The van der Waals surface area contributed by atoms with Gasteiger partial charge in [0.25, 0.3) is 0 Å². The third-order valence-corrected chi connectivity index (χ3v) is 3.66. The van der Waals surface area contributed by atoms with E-state index in [9.17, 15) is 4.79 Å². The van der Waals surface area contributed by atoms with Crippen molar-refractivity contribution in [3.8, 4) is 5.75 Å². The maximum atomic E-state index is 11.4. The number of halogens is 1. The molecule has 0 aliphatic rings. The molecule has 1 unspecified atom stereocenters. The predicted molar refractivity (Wildman–Crippen MR) is 75.4 cm³/mol. The first-order chi connectivity index (χ1) is 8.42. The van der Waals surface area contributed by atoms with Crippen molar-refractivity contribution in [1.82, 2.24) is 5.32 Å². The van der Waals surface area contributed by atoms with Crippen LogP contribution in [0.5, 0.6) is 5.75 Å². The van der Waals surface area contributed by atoms with E-state index in [0.29, 0.717) is 13.0 Å². The number of hydrogen-bond acceptors (Lipinski definition) is 3. The molecule has 3 N–H and O–H groups in total. The van der Waals surface area contributed by atoms with Crippen molar-refractivity contribution in [3.05, 3.63) is 28.2 Å². The van der Waals surface area contributed by atoms with Gasteiger partial charge in [-0.05, 0) is 31.5 Å². The number of amides is 1. The Morgan fingerprint density at radius 2 is 2.22 bits per heavy atom. The minimum absolute atomic E-state index is 0.348. The molecular formula is C13H19BrN2O2. The molecule has 0 aromatic heterocycles. The van der Waals surface area contributed by atoms with Gasteiger partial charge < -0.3 is 10.5 Å². The third-order valence-electron chi connectivity index (χ3n) is 3.16. The van der Waals surface area contributed by atoms with Crippen molar-refractivity contribution in [2.75, 3.05) is 7.11 Å². The molecule has 0 radical (unpaired) electrons. The number of benzene rings is 1. The lowest BCUT2D eigenvalue weighted by Crippen LogP contribution is -2.52. The summed E-state index contributed by atoms with van der Waals surface area (Å²) in [4.78, 5) is 11.4. The van der Waals surface area contributed by atoms with Gasteiger partial charge in [0.05, 0.1) is 12.6 Å². The van der Waals surface area contributed by atoms with Crippen LogP contribution in [0.1, 0.15) is 25.8 Å². The summed E-state index contributed by atoms with van der Waals surface area (Å²) in [5, 5.41) is 3.19. The largest absolute Gasteiger partial charge is 0.496 e. The summed E-state index contributed by atoms with van der Waals surface area (Å²) in [5.74, 6) is 0.438. The van der Waals surface area contributed by atoms with Crippen LogP contribution in [0.25, 0.3) is 0 Å². The molecule has 1 aromatic rings. The van der Waals surface area contributed by atoms with Gasteiger partial charge in [-0.3, -0.25) is 10.1 Å². The fourth-order valence-electron chi connectivity index (χ4n) is 1.56. The Bertz CT molecular complexity index is 437. The molecule has 1 rings (SSSR count). The first kappa shape index (κ1) is 15.0. The molecular weight excluding hydrogens is 296 g/mol. The highest BCUT2D eigenvalue weighted by atomic mass is 79.9. The van der Waals surface area contributed by atoms with Crippen molar-refractivity contribution in [1.29, 1.82) is 0 Å². The van der Waals surface area contributed by atoms with Crippen LogP contribution in [-0.4, -0.2) is 18.6 Å². The van der Waals surface area contributed by atoms with E-state index in [2.05, 4.69) is 21.2 Å². The Balaban J connectivity index is 2.85. The summed E-state index contributed by atoms with van der Waals surface area (Å²) in [5.41, 5.74) is 5.68. The van der Waals surface area contributed by atoms with E-state index in [1.54, 1.807) is 14.0 Å². The minimum Gasteiger partial charge on any atom is -0.496 e. The van der Waals surface area contributed by atoms with E-state index in [1.165, 1.54) is 0 Å². The molecule has 0 saturated carbocycles. The van der Waals surface area contributed by atoms with Gasteiger partial charge in [0, 0.05) is 16.6 Å². The lowest BCUT2D eigenvalue weighted by atomic mass is 9.97. The number of carbonyl (C=O) groups excluding carboxylic acids is 1. The maximum Gasteiger partial charge on any atom is 0.237 e. The van der Waals surface area contributed by atoms with Gasteiger partial charge in [-0.2, -0.15) is 0 Å². The van der Waals surface area contributed by atoms with Crippen LogP contribution >= 0.6 is 15.9 Å². The summed E-state index contributed by atoms with van der Waals surface area (Å²) in [6.45, 7) is 4.26. The normalized spacial score (nSPS) is 14.0. The maximum absolute atomic E-state index is 11.4. The van der Waals surface area contributed by atoms with E-state index >= 15 is 0 Å². The smallest absolute Gasteiger partial charge is 0.237 e. The molecule has 1 atom stereocenters. The lowest BCUT2D eigenvalue weighted by molar-refractivity contribution is -0.124. The Morgan fingerprint density at radius 1 is 1.56 bits per heavy atom. The Kier molecular flexibility index (Phi) is 5.16. The SMILES string of the molecule is CCC(C)(NCc1cc(Br)ccc1OC)C(N)=O. The summed E-state index contributed by atoms with van der Waals surface area (Å²) in [7, 11) is 1.62. The van der Waals surface area contributed by atoms with Gasteiger partial charge in [0.15, 0.2) is 0 Å². The van der Waals surface area contributed by atoms with Crippen molar-refractivity contribution >= 4 is 21.8 Å². The van der Waals surface area contributed by atoms with E-state index in [0.717, 1.165) is 15.8 Å². The number of primary amides is 1. The van der Waals surface area contributed by atoms with Crippen LogP contribution in [0.4, 0.5) is 0 Å². The molecule has 0 aliphatic heterocycles. The zero-order valence-electron chi connectivity index (χ0n) is 10.9. The number of methoxy groups -OCH3 is 1. The van der Waals surface area contributed by atoms with Gasteiger partial charge in [-0.25, -0.2) is 0 Å². The summed E-state index contributed by atoms with van der Waals surface area (Å²) in [6, 6.07) is 5.76. The van der Waals surface area contributed by atoms with Crippen LogP contribution < -0.4 is 15.8 Å². The second kappa shape index (κ2) is 6.20. The zero-order chi connectivity index (χ0) is 13.8. The molecule has 0 aliphatic carbocycles. The summed E-state index contributed by atoms with van der Waals surface area (Å²) >= 11 is 3.42. The molecule has 5 heteroatoms. The highest BCUT2D eigenvalue weighted by Crippen LogP contribution is 2.23. The topological polar surface area (TPSA) is 64.3 Å². The molecule has 0 heterocycles. The van der Waals surface area contributed by atoms with Crippen LogP contribution in [0.3, 0.4) is 0 Å². The Morgan fingerprint density at radius 3 is 2.72 bits per heavy atom. The predicted octanol–water partition coefficient (Wildman–Crippen LogP) is 2.20. The number of carbonyl (C=O) groups is 1. The van der Waals surface area contributed by atoms with Gasteiger partial charge >= 0.3 is 0 Å². The summed E-state index contributed by atoms with van der Waals surface area (Å²) < 4.78 is 6.25. The van der Waals surface area contributed by atoms with Crippen LogP contribution in [0.2, 0.25) is 0 Å². The number of nitrogens with two attached hydrogens (primary N) is 1. The van der Waals surface area contributed by atoms with Crippen molar-refractivity contribution in [2.45, 2.75) is 32.4 Å². The van der Waals surface area contributed by atoms with Gasteiger partial charge in [0.2, 0.25) is 5.91 Å². The Hall–Kier alpha value is -1.07. The molecule has 100 valence electrons. The van der Waals surface area contributed by atoms with Crippen molar-refractivity contribution < 1.29 is 9.53 Å². The molecule has 1 aromatic carbocycles. The number of nitrogens with one attached hydrogen (secondary N) is 1. The standard InChI is InChI=1S/C13H19BrN2O2/c1-4-13(2,12(15)17)16-8-9-7-10(14)5-6-11(9)18-3/h5-7,16H,4,8H2,1-3H3,(H2,15,17). The molecule has 0 fully saturated rings. The molecule has 1 amide bonds. The quantitative estimate of drug-likeness (QED) is 0.846. The number of ether oxygens (including phenoxy) is 1. The zero-order valence-corrected chi connectivity index (χ0v) is 12.5. The van der Waals surface area contributed by atoms with Crippen LogP contribution in [0.15, 0.2) is 22.7 Å². The monoisotopic (exact) mass is 314 g/mol. The summed E-state index contributed by atoms with van der Waals surface area (Å²) in [6.07, 6.45) is 0.638. The van der Waals surface area contributed by atoms with Gasteiger partial charge in [-0.1, -0.05) is 22.9 Å². The highest BCUT2D eigenvalue weighted by molar-refractivity contribution is 9.10. The van der Waals surface area contributed by atoms with Crippen molar-refractivity contribution in [2.24, 2.45) is 5.73 Å². The average Bonchev–Trinajstić information content (AvgIpc) is 2.35. The first-order valence-electron chi connectivity index (χ1n) is 5.80. The molecule has 4 nitrogen and oxygen atoms in total. The molecule has 18 heavy (non-hydrogen) atoms. The van der Waals surface area contributed by atoms with E-state index < -0.39 is 5.54 Å². The third kappa shape index (κ3) is 3.46.